The van der Waals surface area contributed by atoms with Crippen LogP contribution < -0.4 is 4.90 Å². The molecular weight excluding hydrogens is 360 g/mol. The molecule has 29 heavy (non-hydrogen) atoms. The molecule has 4 heteroatoms. The topological polar surface area (TPSA) is 32.8 Å². The van der Waals surface area contributed by atoms with Crippen molar-refractivity contribution in [1.82, 2.24) is 4.90 Å². The van der Waals surface area contributed by atoms with E-state index >= 15 is 0 Å². The van der Waals surface area contributed by atoms with Crippen molar-refractivity contribution in [3.8, 4) is 0 Å². The van der Waals surface area contributed by atoms with Gasteiger partial charge in [-0.25, -0.2) is 0 Å². The minimum atomic E-state index is -0.545. The predicted molar refractivity (Wildman–Crippen MR) is 115 cm³/mol. The molecule has 2 aromatic rings. The summed E-state index contributed by atoms with van der Waals surface area (Å²) in [6, 6.07) is 21.4. The quantitative estimate of drug-likeness (QED) is 0.776. The first-order valence-electron chi connectivity index (χ1n) is 10.9. The second-order valence-electron chi connectivity index (χ2n) is 9.14. The summed E-state index contributed by atoms with van der Waals surface area (Å²) in [7, 11) is 2.24. The van der Waals surface area contributed by atoms with Crippen LogP contribution in [0.2, 0.25) is 0 Å². The molecule has 0 unspecified atom stereocenters. The highest BCUT2D eigenvalue weighted by atomic mass is 16.5. The Bertz CT molecular complexity index is 855. The highest BCUT2D eigenvalue weighted by Gasteiger charge is 2.62. The number of rotatable bonds is 4. The monoisotopic (exact) mass is 390 g/mol. The normalized spacial score (nSPS) is 28.3. The summed E-state index contributed by atoms with van der Waals surface area (Å²) in [4.78, 5) is 17.6. The first-order chi connectivity index (χ1) is 14.1. The lowest BCUT2D eigenvalue weighted by molar-refractivity contribution is -0.171. The number of hydrogen-bond donors (Lipinski definition) is 0. The first-order valence-corrected chi connectivity index (χ1v) is 10.9. The maximum absolute atomic E-state index is 13.1. The molecule has 2 aliphatic carbocycles. The Kier molecular flexibility index (Phi) is 4.72. The van der Waals surface area contributed by atoms with Crippen molar-refractivity contribution in [2.75, 3.05) is 18.5 Å². The van der Waals surface area contributed by atoms with Crippen molar-refractivity contribution in [3.63, 3.8) is 0 Å². The molecule has 0 radical (unpaired) electrons. The smallest absolute Gasteiger partial charge is 0.259 e. The van der Waals surface area contributed by atoms with Gasteiger partial charge in [0.25, 0.3) is 5.91 Å². The van der Waals surface area contributed by atoms with E-state index in [1.165, 1.54) is 5.56 Å². The second kappa shape index (κ2) is 7.26. The van der Waals surface area contributed by atoms with E-state index in [1.54, 1.807) is 0 Å². The van der Waals surface area contributed by atoms with Crippen LogP contribution in [-0.4, -0.2) is 41.6 Å². The molecule has 1 heterocycles. The van der Waals surface area contributed by atoms with Crippen LogP contribution in [0.25, 0.3) is 0 Å². The molecule has 0 N–H and O–H groups in total. The lowest BCUT2D eigenvalue weighted by atomic mass is 9.79. The Morgan fingerprint density at radius 3 is 2.21 bits per heavy atom. The molecule has 2 saturated carbocycles. The third-order valence-electron chi connectivity index (χ3n) is 7.03. The van der Waals surface area contributed by atoms with Gasteiger partial charge >= 0.3 is 0 Å². The zero-order chi connectivity index (χ0) is 19.9. The van der Waals surface area contributed by atoms with Crippen molar-refractivity contribution in [2.24, 2.45) is 0 Å². The molecule has 0 bridgehead atoms. The number of nitrogens with zero attached hydrogens (tertiary/aromatic N) is 2. The average Bonchev–Trinajstić information content (AvgIpc) is 3.53. The van der Waals surface area contributed by atoms with E-state index in [0.717, 1.165) is 50.8 Å². The number of hydrogen-bond acceptors (Lipinski definition) is 3. The van der Waals surface area contributed by atoms with Crippen molar-refractivity contribution in [1.29, 1.82) is 0 Å². The van der Waals surface area contributed by atoms with E-state index in [9.17, 15) is 4.79 Å². The van der Waals surface area contributed by atoms with Gasteiger partial charge in [0.05, 0.1) is 12.1 Å². The molecule has 1 amide bonds. The minimum absolute atomic E-state index is 0.164. The zero-order valence-electron chi connectivity index (χ0n) is 17.2. The van der Waals surface area contributed by atoms with Gasteiger partial charge in [-0.3, -0.25) is 9.69 Å². The maximum atomic E-state index is 13.1. The van der Waals surface area contributed by atoms with Gasteiger partial charge in [0.1, 0.15) is 5.60 Å². The van der Waals surface area contributed by atoms with Gasteiger partial charge in [-0.1, -0.05) is 48.5 Å². The highest BCUT2D eigenvalue weighted by molar-refractivity contribution is 6.02. The van der Waals surface area contributed by atoms with E-state index < -0.39 is 5.60 Å². The van der Waals surface area contributed by atoms with E-state index in [2.05, 4.69) is 42.3 Å². The molecule has 0 atom stereocenters. The fraction of sp³-hybridized carbons (Fsp3) is 0.480. The van der Waals surface area contributed by atoms with Crippen LogP contribution in [0.4, 0.5) is 5.69 Å². The number of morpholine rings is 1. The van der Waals surface area contributed by atoms with Crippen LogP contribution in [0.15, 0.2) is 60.7 Å². The Hall–Kier alpha value is -2.17. The average molecular weight is 391 g/mol. The summed E-state index contributed by atoms with van der Waals surface area (Å²) in [5.74, 6) is 0.164. The fourth-order valence-corrected chi connectivity index (χ4v) is 5.17. The van der Waals surface area contributed by atoms with Crippen molar-refractivity contribution >= 4 is 11.6 Å². The molecule has 1 saturated heterocycles. The Labute approximate surface area is 173 Å². The third kappa shape index (κ3) is 3.60. The van der Waals surface area contributed by atoms with E-state index in [0.29, 0.717) is 12.6 Å². The van der Waals surface area contributed by atoms with Gasteiger partial charge in [-0.05, 0) is 63.3 Å². The number of anilines is 1. The zero-order valence-corrected chi connectivity index (χ0v) is 17.2. The van der Waals surface area contributed by atoms with Crippen LogP contribution in [-0.2, 0) is 16.1 Å². The van der Waals surface area contributed by atoms with E-state index in [-0.39, 0.29) is 11.5 Å². The Balaban J connectivity index is 1.29. The van der Waals surface area contributed by atoms with Crippen LogP contribution >= 0.6 is 0 Å². The number of amides is 1. The molecule has 2 spiro atoms. The summed E-state index contributed by atoms with van der Waals surface area (Å²) in [5.41, 5.74) is 1.64. The van der Waals surface area contributed by atoms with Gasteiger partial charge in [0.2, 0.25) is 0 Å². The Morgan fingerprint density at radius 1 is 0.966 bits per heavy atom. The first kappa shape index (κ1) is 18.8. The van der Waals surface area contributed by atoms with Crippen molar-refractivity contribution in [2.45, 2.75) is 62.3 Å². The number of benzene rings is 2. The SMILES string of the molecule is CN(Cc1ccccc1)C1CCC2(CC1)CN(c1ccccc1)C(=O)C1(CC1)O2. The van der Waals surface area contributed by atoms with Gasteiger partial charge in [-0.2, -0.15) is 0 Å². The van der Waals surface area contributed by atoms with E-state index in [4.69, 9.17) is 4.74 Å². The highest BCUT2D eigenvalue weighted by Crippen LogP contribution is 2.52. The van der Waals surface area contributed by atoms with E-state index in [1.807, 2.05) is 35.2 Å². The van der Waals surface area contributed by atoms with Gasteiger partial charge in [0.15, 0.2) is 0 Å². The molecule has 2 aromatic carbocycles. The Morgan fingerprint density at radius 2 is 1.59 bits per heavy atom. The van der Waals surface area contributed by atoms with Gasteiger partial charge in [0, 0.05) is 18.3 Å². The molecular formula is C25H30N2O2. The third-order valence-corrected chi connectivity index (χ3v) is 7.03. The summed E-state index contributed by atoms with van der Waals surface area (Å²) in [6.45, 7) is 1.67. The lowest BCUT2D eigenvalue weighted by Crippen LogP contribution is -2.62. The fourth-order valence-electron chi connectivity index (χ4n) is 5.17. The van der Waals surface area contributed by atoms with Crippen molar-refractivity contribution in [3.05, 3.63) is 66.2 Å². The number of carbonyl (C=O) groups is 1. The second-order valence-corrected chi connectivity index (χ2v) is 9.14. The van der Waals surface area contributed by atoms with Crippen LogP contribution in [0.5, 0.6) is 0 Å². The van der Waals surface area contributed by atoms with Crippen molar-refractivity contribution < 1.29 is 9.53 Å². The molecule has 3 fully saturated rings. The lowest BCUT2D eigenvalue weighted by Gasteiger charge is -2.50. The van der Waals surface area contributed by atoms with Crippen LogP contribution in [0.3, 0.4) is 0 Å². The predicted octanol–water partition coefficient (Wildman–Crippen LogP) is 4.40. The number of carbonyl (C=O) groups excluding carboxylic acids is 1. The molecule has 0 aromatic heterocycles. The molecule has 3 aliphatic rings. The van der Waals surface area contributed by atoms with Gasteiger partial charge in [-0.15, -0.1) is 0 Å². The molecule has 1 aliphatic heterocycles. The summed E-state index contributed by atoms with van der Waals surface area (Å²) < 4.78 is 6.61. The maximum Gasteiger partial charge on any atom is 0.259 e. The largest absolute Gasteiger partial charge is 0.357 e. The number of para-hydroxylation sites is 1. The summed E-state index contributed by atoms with van der Waals surface area (Å²) >= 11 is 0. The molecule has 5 rings (SSSR count). The number of ether oxygens (including phenoxy) is 1. The summed E-state index contributed by atoms with van der Waals surface area (Å²) in [5, 5.41) is 0. The van der Waals surface area contributed by atoms with Crippen LogP contribution in [0.1, 0.15) is 44.1 Å². The molecule has 152 valence electrons. The minimum Gasteiger partial charge on any atom is -0.357 e. The van der Waals surface area contributed by atoms with Crippen LogP contribution in [0, 0.1) is 0 Å². The standard InChI is InChI=1S/C25H30N2O2/c1-26(18-20-8-4-2-5-9-20)21-12-14-24(15-13-21)19-27(22-10-6-3-7-11-22)23(28)25(29-24)16-17-25/h2-11,21H,12-19H2,1H3. The molecule has 4 nitrogen and oxygen atoms in total. The van der Waals surface area contributed by atoms with Gasteiger partial charge < -0.3 is 9.64 Å². The summed E-state index contributed by atoms with van der Waals surface area (Å²) in [6.07, 6.45) is 6.03.